The SMILES string of the molecule is CCOC(=O)C1CN(C)c2cc(OC)ccc2O1. The highest BCUT2D eigenvalue weighted by atomic mass is 16.6. The second-order valence-corrected chi connectivity index (χ2v) is 4.07. The number of rotatable bonds is 3. The van der Waals surface area contributed by atoms with Crippen LogP contribution in [0.4, 0.5) is 5.69 Å². The Bertz CT molecular complexity index is 447. The molecular weight excluding hydrogens is 234 g/mol. The van der Waals surface area contributed by atoms with Gasteiger partial charge in [0.1, 0.15) is 11.5 Å². The predicted molar refractivity (Wildman–Crippen MR) is 67.3 cm³/mol. The molecule has 0 fully saturated rings. The van der Waals surface area contributed by atoms with Crippen molar-refractivity contribution in [1.29, 1.82) is 0 Å². The van der Waals surface area contributed by atoms with Crippen LogP contribution < -0.4 is 14.4 Å². The first kappa shape index (κ1) is 12.5. The molecule has 0 amide bonds. The summed E-state index contributed by atoms with van der Waals surface area (Å²) in [5.74, 6) is 1.10. The van der Waals surface area contributed by atoms with E-state index in [9.17, 15) is 4.79 Å². The zero-order valence-corrected chi connectivity index (χ0v) is 10.8. The molecule has 5 heteroatoms. The summed E-state index contributed by atoms with van der Waals surface area (Å²) in [6.07, 6.45) is -0.573. The van der Waals surface area contributed by atoms with Gasteiger partial charge in [0.05, 0.1) is 25.9 Å². The Kier molecular flexibility index (Phi) is 3.60. The molecular formula is C13H17NO4. The maximum absolute atomic E-state index is 11.7. The van der Waals surface area contributed by atoms with Crippen LogP contribution in [0.5, 0.6) is 11.5 Å². The highest BCUT2D eigenvalue weighted by Crippen LogP contribution is 2.35. The van der Waals surface area contributed by atoms with E-state index in [0.29, 0.717) is 18.9 Å². The van der Waals surface area contributed by atoms with E-state index < -0.39 is 6.10 Å². The molecule has 18 heavy (non-hydrogen) atoms. The molecule has 1 atom stereocenters. The third-order valence-corrected chi connectivity index (χ3v) is 2.84. The molecule has 0 bridgehead atoms. The molecule has 0 N–H and O–H groups in total. The molecule has 1 aliphatic heterocycles. The van der Waals surface area contributed by atoms with Crippen LogP contribution in [0.1, 0.15) is 6.92 Å². The third-order valence-electron chi connectivity index (χ3n) is 2.84. The summed E-state index contributed by atoms with van der Waals surface area (Å²) < 4.78 is 15.8. The van der Waals surface area contributed by atoms with E-state index in [4.69, 9.17) is 14.2 Å². The van der Waals surface area contributed by atoms with Gasteiger partial charge in [0.15, 0.2) is 0 Å². The van der Waals surface area contributed by atoms with E-state index in [1.807, 2.05) is 18.0 Å². The van der Waals surface area contributed by atoms with Gasteiger partial charge in [0.25, 0.3) is 0 Å². The van der Waals surface area contributed by atoms with Crippen LogP contribution in [0.3, 0.4) is 0 Å². The Morgan fingerprint density at radius 2 is 2.33 bits per heavy atom. The van der Waals surface area contributed by atoms with Gasteiger partial charge in [-0.25, -0.2) is 4.79 Å². The summed E-state index contributed by atoms with van der Waals surface area (Å²) in [4.78, 5) is 13.6. The van der Waals surface area contributed by atoms with Crippen molar-refractivity contribution in [2.45, 2.75) is 13.0 Å². The van der Waals surface area contributed by atoms with Crippen molar-refractivity contribution in [2.24, 2.45) is 0 Å². The first-order chi connectivity index (χ1) is 8.65. The Morgan fingerprint density at radius 1 is 1.56 bits per heavy atom. The maximum atomic E-state index is 11.7. The Balaban J connectivity index is 2.21. The fourth-order valence-corrected chi connectivity index (χ4v) is 1.92. The lowest BCUT2D eigenvalue weighted by Crippen LogP contribution is -2.43. The van der Waals surface area contributed by atoms with Crippen LogP contribution in [-0.2, 0) is 9.53 Å². The van der Waals surface area contributed by atoms with E-state index in [0.717, 1.165) is 11.4 Å². The second-order valence-electron chi connectivity index (χ2n) is 4.07. The average Bonchev–Trinajstić information content (AvgIpc) is 2.38. The van der Waals surface area contributed by atoms with E-state index in [2.05, 4.69) is 0 Å². The molecule has 5 nitrogen and oxygen atoms in total. The second kappa shape index (κ2) is 5.16. The number of fused-ring (bicyclic) bond motifs is 1. The number of esters is 1. The first-order valence-electron chi connectivity index (χ1n) is 5.88. The Morgan fingerprint density at radius 3 is 3.00 bits per heavy atom. The summed E-state index contributed by atoms with van der Waals surface area (Å²) in [6.45, 7) is 2.61. The van der Waals surface area contributed by atoms with Gasteiger partial charge < -0.3 is 19.1 Å². The fraction of sp³-hybridized carbons (Fsp3) is 0.462. The van der Waals surface area contributed by atoms with Crippen molar-refractivity contribution in [1.82, 2.24) is 0 Å². The Labute approximate surface area is 106 Å². The van der Waals surface area contributed by atoms with Crippen molar-refractivity contribution in [3.8, 4) is 11.5 Å². The number of benzene rings is 1. The van der Waals surface area contributed by atoms with Gasteiger partial charge in [0.2, 0.25) is 6.10 Å². The molecule has 2 rings (SSSR count). The summed E-state index contributed by atoms with van der Waals surface area (Å²) in [6, 6.07) is 5.49. The summed E-state index contributed by atoms with van der Waals surface area (Å²) >= 11 is 0. The molecule has 0 saturated heterocycles. The highest BCUT2D eigenvalue weighted by Gasteiger charge is 2.30. The normalized spacial score (nSPS) is 17.7. The van der Waals surface area contributed by atoms with Crippen molar-refractivity contribution in [2.75, 3.05) is 32.2 Å². The number of carbonyl (C=O) groups excluding carboxylic acids is 1. The van der Waals surface area contributed by atoms with Crippen LogP contribution >= 0.6 is 0 Å². The number of hydrogen-bond acceptors (Lipinski definition) is 5. The van der Waals surface area contributed by atoms with Crippen molar-refractivity contribution in [3.63, 3.8) is 0 Å². The molecule has 98 valence electrons. The van der Waals surface area contributed by atoms with Crippen LogP contribution in [0.25, 0.3) is 0 Å². The molecule has 0 spiro atoms. The number of nitrogens with zero attached hydrogens (tertiary/aromatic N) is 1. The molecule has 1 unspecified atom stereocenters. The minimum atomic E-state index is -0.573. The largest absolute Gasteiger partial charge is 0.497 e. The molecule has 0 aromatic heterocycles. The lowest BCUT2D eigenvalue weighted by molar-refractivity contribution is -0.151. The number of ether oxygens (including phenoxy) is 3. The fourth-order valence-electron chi connectivity index (χ4n) is 1.92. The molecule has 0 saturated carbocycles. The number of anilines is 1. The van der Waals surface area contributed by atoms with Crippen LogP contribution in [0, 0.1) is 0 Å². The number of likely N-dealkylation sites (N-methyl/N-ethyl adjacent to an activating group) is 1. The van der Waals surface area contributed by atoms with Gasteiger partial charge in [-0.05, 0) is 19.1 Å². The lowest BCUT2D eigenvalue weighted by atomic mass is 10.2. The van der Waals surface area contributed by atoms with Crippen molar-refractivity contribution in [3.05, 3.63) is 18.2 Å². The minimum absolute atomic E-state index is 0.328. The number of carbonyl (C=O) groups is 1. The van der Waals surface area contributed by atoms with Crippen LogP contribution in [-0.4, -0.2) is 39.4 Å². The quantitative estimate of drug-likeness (QED) is 0.761. The number of hydrogen-bond donors (Lipinski definition) is 0. The topological polar surface area (TPSA) is 48.0 Å². The monoisotopic (exact) mass is 251 g/mol. The zero-order chi connectivity index (χ0) is 13.1. The van der Waals surface area contributed by atoms with Gasteiger partial charge in [-0.3, -0.25) is 0 Å². The van der Waals surface area contributed by atoms with Crippen LogP contribution in [0.2, 0.25) is 0 Å². The summed E-state index contributed by atoms with van der Waals surface area (Å²) in [5, 5.41) is 0. The van der Waals surface area contributed by atoms with E-state index >= 15 is 0 Å². The van der Waals surface area contributed by atoms with Gasteiger partial charge in [-0.1, -0.05) is 0 Å². The Hall–Kier alpha value is -1.91. The third kappa shape index (κ3) is 2.34. The van der Waals surface area contributed by atoms with Gasteiger partial charge >= 0.3 is 5.97 Å². The predicted octanol–water partition coefficient (Wildman–Crippen LogP) is 1.46. The maximum Gasteiger partial charge on any atom is 0.349 e. The smallest absolute Gasteiger partial charge is 0.349 e. The molecule has 0 aliphatic carbocycles. The minimum Gasteiger partial charge on any atom is -0.497 e. The van der Waals surface area contributed by atoms with Gasteiger partial charge in [-0.15, -0.1) is 0 Å². The molecule has 1 heterocycles. The van der Waals surface area contributed by atoms with E-state index in [-0.39, 0.29) is 5.97 Å². The van der Waals surface area contributed by atoms with Crippen molar-refractivity contribution >= 4 is 11.7 Å². The first-order valence-corrected chi connectivity index (χ1v) is 5.88. The highest BCUT2D eigenvalue weighted by molar-refractivity contribution is 5.78. The standard InChI is InChI=1S/C13H17NO4/c1-4-17-13(15)12-8-14(2)10-7-9(16-3)5-6-11(10)18-12/h5-7,12H,4,8H2,1-3H3. The summed E-state index contributed by atoms with van der Waals surface area (Å²) in [5.41, 5.74) is 0.912. The lowest BCUT2D eigenvalue weighted by Gasteiger charge is -2.32. The molecule has 0 radical (unpaired) electrons. The van der Waals surface area contributed by atoms with Gasteiger partial charge in [-0.2, -0.15) is 0 Å². The van der Waals surface area contributed by atoms with Crippen LogP contribution in [0.15, 0.2) is 18.2 Å². The molecule has 1 aliphatic rings. The molecule has 1 aromatic carbocycles. The summed E-state index contributed by atoms with van der Waals surface area (Å²) in [7, 11) is 3.53. The zero-order valence-electron chi connectivity index (χ0n) is 10.8. The molecule has 1 aromatic rings. The van der Waals surface area contributed by atoms with Gasteiger partial charge in [0, 0.05) is 13.1 Å². The average molecular weight is 251 g/mol. The number of methoxy groups -OCH3 is 1. The van der Waals surface area contributed by atoms with E-state index in [1.54, 1.807) is 26.2 Å². The van der Waals surface area contributed by atoms with Crippen molar-refractivity contribution < 1.29 is 19.0 Å². The van der Waals surface area contributed by atoms with E-state index in [1.165, 1.54) is 0 Å².